The molecule has 21 heavy (non-hydrogen) atoms. The van der Waals surface area contributed by atoms with Crippen molar-refractivity contribution in [1.29, 1.82) is 0 Å². The summed E-state index contributed by atoms with van der Waals surface area (Å²) < 4.78 is 38.1. The molecule has 2 bridgehead atoms. The first kappa shape index (κ1) is 14.1. The SMILES string of the molecule is O=[N+]([O-])c1cc(C(F)(F)F)ccc1N1CCN2CC[C@H]1C2. The molecule has 0 aliphatic carbocycles. The number of nitro groups is 1. The number of alkyl halides is 3. The van der Waals surface area contributed by atoms with Crippen molar-refractivity contribution in [1.82, 2.24) is 4.90 Å². The lowest BCUT2D eigenvalue weighted by molar-refractivity contribution is -0.384. The fourth-order valence-electron chi connectivity index (χ4n) is 3.11. The van der Waals surface area contributed by atoms with Gasteiger partial charge in [0.25, 0.3) is 5.69 Å². The van der Waals surface area contributed by atoms with Crippen LogP contribution in [0.4, 0.5) is 24.5 Å². The number of hydrogen-bond acceptors (Lipinski definition) is 4. The summed E-state index contributed by atoms with van der Waals surface area (Å²) in [6.07, 6.45) is -3.69. The second-order valence-electron chi connectivity index (χ2n) is 5.39. The highest BCUT2D eigenvalue weighted by atomic mass is 19.4. The Balaban J connectivity index is 2.00. The molecule has 0 N–H and O–H groups in total. The van der Waals surface area contributed by atoms with E-state index in [1.54, 1.807) is 0 Å². The highest BCUT2D eigenvalue weighted by Gasteiger charge is 2.37. The maximum Gasteiger partial charge on any atom is 0.416 e. The van der Waals surface area contributed by atoms with Crippen molar-refractivity contribution >= 4 is 11.4 Å². The van der Waals surface area contributed by atoms with Gasteiger partial charge in [0.05, 0.1) is 10.5 Å². The molecular formula is C13H14F3N3O2. The Morgan fingerprint density at radius 3 is 2.67 bits per heavy atom. The Morgan fingerprint density at radius 2 is 2.00 bits per heavy atom. The normalized spacial score (nSPS) is 25.2. The van der Waals surface area contributed by atoms with Crippen molar-refractivity contribution in [2.75, 3.05) is 31.1 Å². The minimum Gasteiger partial charge on any atom is -0.360 e. The summed E-state index contributed by atoms with van der Waals surface area (Å²) in [5, 5.41) is 11.2. The molecule has 0 radical (unpaired) electrons. The van der Waals surface area contributed by atoms with Crippen LogP contribution in [0.15, 0.2) is 18.2 Å². The Hall–Kier alpha value is -1.83. The molecule has 0 aromatic heterocycles. The van der Waals surface area contributed by atoms with Crippen LogP contribution in [0, 0.1) is 10.1 Å². The first-order valence-corrected chi connectivity index (χ1v) is 6.71. The third-order valence-electron chi connectivity index (χ3n) is 4.15. The van der Waals surface area contributed by atoms with Gasteiger partial charge in [0.1, 0.15) is 5.69 Å². The van der Waals surface area contributed by atoms with E-state index in [1.807, 2.05) is 4.90 Å². The number of benzene rings is 1. The Kier molecular flexibility index (Phi) is 3.27. The molecule has 114 valence electrons. The van der Waals surface area contributed by atoms with Gasteiger partial charge in [0.2, 0.25) is 0 Å². The molecular weight excluding hydrogens is 287 g/mol. The highest BCUT2D eigenvalue weighted by Crippen LogP contribution is 2.38. The molecule has 0 saturated carbocycles. The minimum atomic E-state index is -4.57. The van der Waals surface area contributed by atoms with Crippen LogP contribution < -0.4 is 4.90 Å². The number of nitro benzene ring substituents is 1. The smallest absolute Gasteiger partial charge is 0.360 e. The molecule has 2 aliphatic heterocycles. The number of fused-ring (bicyclic) bond motifs is 2. The maximum absolute atomic E-state index is 12.7. The molecule has 5 nitrogen and oxygen atoms in total. The van der Waals surface area contributed by atoms with Crippen molar-refractivity contribution in [3.8, 4) is 0 Å². The van der Waals surface area contributed by atoms with Crippen LogP contribution in [-0.2, 0) is 6.18 Å². The molecule has 3 rings (SSSR count). The summed E-state index contributed by atoms with van der Waals surface area (Å²) in [5.74, 6) is 0. The molecule has 2 saturated heterocycles. The third-order valence-corrected chi connectivity index (χ3v) is 4.15. The minimum absolute atomic E-state index is 0.147. The number of nitrogens with zero attached hydrogens (tertiary/aromatic N) is 3. The standard InChI is InChI=1S/C13H14F3N3O2/c14-13(15,16)9-1-2-11(12(7-9)19(20)21)18-6-5-17-4-3-10(18)8-17/h1-2,7,10H,3-6,8H2/t10-/m0/s1. The van der Waals surface area contributed by atoms with Gasteiger partial charge in [-0.1, -0.05) is 0 Å². The summed E-state index contributed by atoms with van der Waals surface area (Å²) in [6.45, 7) is 3.15. The van der Waals surface area contributed by atoms with Crippen molar-refractivity contribution in [3.63, 3.8) is 0 Å². The van der Waals surface area contributed by atoms with E-state index >= 15 is 0 Å². The summed E-state index contributed by atoms with van der Waals surface area (Å²) in [7, 11) is 0. The van der Waals surface area contributed by atoms with Crippen molar-refractivity contribution in [2.45, 2.75) is 18.6 Å². The average Bonchev–Trinajstić information content (AvgIpc) is 2.79. The molecule has 2 fully saturated rings. The van der Waals surface area contributed by atoms with E-state index in [9.17, 15) is 23.3 Å². The molecule has 8 heteroatoms. The lowest BCUT2D eigenvalue weighted by Gasteiger charge is -2.35. The molecule has 0 spiro atoms. The fraction of sp³-hybridized carbons (Fsp3) is 0.538. The van der Waals surface area contributed by atoms with Crippen LogP contribution in [0.2, 0.25) is 0 Å². The van der Waals surface area contributed by atoms with E-state index in [1.165, 1.54) is 6.07 Å². The number of rotatable bonds is 2. The van der Waals surface area contributed by atoms with Crippen LogP contribution in [0.1, 0.15) is 12.0 Å². The second kappa shape index (κ2) is 4.87. The van der Waals surface area contributed by atoms with Gasteiger partial charge in [0, 0.05) is 38.3 Å². The van der Waals surface area contributed by atoms with E-state index in [-0.39, 0.29) is 6.04 Å². The Bertz CT molecular complexity index is 576. The Morgan fingerprint density at radius 1 is 1.24 bits per heavy atom. The average molecular weight is 301 g/mol. The van der Waals surface area contributed by atoms with Gasteiger partial charge in [0.15, 0.2) is 0 Å². The van der Waals surface area contributed by atoms with E-state index in [0.29, 0.717) is 18.3 Å². The number of anilines is 1. The Labute approximate surface area is 119 Å². The molecule has 2 heterocycles. The van der Waals surface area contributed by atoms with Crippen LogP contribution >= 0.6 is 0 Å². The first-order chi connectivity index (χ1) is 9.86. The van der Waals surface area contributed by atoms with Gasteiger partial charge < -0.3 is 4.90 Å². The van der Waals surface area contributed by atoms with Crippen LogP contribution in [-0.4, -0.2) is 42.0 Å². The monoisotopic (exact) mass is 301 g/mol. The zero-order chi connectivity index (χ0) is 15.2. The van der Waals surface area contributed by atoms with Gasteiger partial charge in [-0.15, -0.1) is 0 Å². The van der Waals surface area contributed by atoms with Gasteiger partial charge in [-0.05, 0) is 18.6 Å². The maximum atomic E-state index is 12.7. The number of piperazine rings is 1. The van der Waals surface area contributed by atoms with E-state index in [2.05, 4.69) is 4.90 Å². The molecule has 2 aliphatic rings. The predicted molar refractivity (Wildman–Crippen MR) is 70.3 cm³/mol. The van der Waals surface area contributed by atoms with Gasteiger partial charge in [-0.2, -0.15) is 13.2 Å². The number of hydrogen-bond donors (Lipinski definition) is 0. The predicted octanol–water partition coefficient (Wildman–Crippen LogP) is 2.51. The van der Waals surface area contributed by atoms with Gasteiger partial charge >= 0.3 is 6.18 Å². The molecule has 1 aromatic rings. The third kappa shape index (κ3) is 2.55. The van der Waals surface area contributed by atoms with E-state index < -0.39 is 22.4 Å². The van der Waals surface area contributed by atoms with Crippen molar-refractivity contribution in [3.05, 3.63) is 33.9 Å². The molecule has 1 aromatic carbocycles. The lowest BCUT2D eigenvalue weighted by Crippen LogP contribution is -2.47. The summed E-state index contributed by atoms with van der Waals surface area (Å²) in [5.41, 5.74) is -1.16. The van der Waals surface area contributed by atoms with Crippen molar-refractivity contribution in [2.24, 2.45) is 0 Å². The summed E-state index contributed by atoms with van der Waals surface area (Å²) in [4.78, 5) is 14.6. The van der Waals surface area contributed by atoms with E-state index in [0.717, 1.165) is 32.1 Å². The van der Waals surface area contributed by atoms with Crippen LogP contribution in [0.5, 0.6) is 0 Å². The van der Waals surface area contributed by atoms with E-state index in [4.69, 9.17) is 0 Å². The topological polar surface area (TPSA) is 49.6 Å². The molecule has 0 amide bonds. The first-order valence-electron chi connectivity index (χ1n) is 6.71. The van der Waals surface area contributed by atoms with Gasteiger partial charge in [-0.3, -0.25) is 15.0 Å². The largest absolute Gasteiger partial charge is 0.416 e. The second-order valence-corrected chi connectivity index (χ2v) is 5.39. The van der Waals surface area contributed by atoms with Crippen molar-refractivity contribution < 1.29 is 18.1 Å². The summed E-state index contributed by atoms with van der Waals surface area (Å²) >= 11 is 0. The highest BCUT2D eigenvalue weighted by molar-refractivity contribution is 5.65. The number of halogens is 3. The quantitative estimate of drug-likeness (QED) is 0.622. The molecule has 1 unspecified atom stereocenters. The zero-order valence-corrected chi connectivity index (χ0v) is 11.1. The zero-order valence-electron chi connectivity index (χ0n) is 11.1. The van der Waals surface area contributed by atoms with Gasteiger partial charge in [-0.25, -0.2) is 0 Å². The van der Waals surface area contributed by atoms with Crippen LogP contribution in [0.25, 0.3) is 0 Å². The molecule has 2 atom stereocenters. The summed E-state index contributed by atoms with van der Waals surface area (Å²) in [6, 6.07) is 2.93. The lowest BCUT2D eigenvalue weighted by atomic mass is 10.1. The fourth-order valence-corrected chi connectivity index (χ4v) is 3.11. The van der Waals surface area contributed by atoms with Crippen LogP contribution in [0.3, 0.4) is 0 Å².